The van der Waals surface area contributed by atoms with Gasteiger partial charge in [0, 0.05) is 6.92 Å². The Balaban J connectivity index is 1.48. The summed E-state index contributed by atoms with van der Waals surface area (Å²) in [6, 6.07) is 6.94. The second-order valence-electron chi connectivity index (χ2n) is 5.77. The summed E-state index contributed by atoms with van der Waals surface area (Å²) in [6.07, 6.45) is 3.22. The Morgan fingerprint density at radius 1 is 1.29 bits per heavy atom. The van der Waals surface area contributed by atoms with E-state index in [4.69, 9.17) is 4.42 Å². The lowest BCUT2D eigenvalue weighted by Gasteiger charge is -2.31. The SMILES string of the molecule is Cc1nnc(CN2CCC(Cc3cccc(F)c3)CC2)o1. The van der Waals surface area contributed by atoms with Gasteiger partial charge in [0.1, 0.15) is 5.82 Å². The van der Waals surface area contributed by atoms with Gasteiger partial charge in [0.15, 0.2) is 0 Å². The average molecular weight is 289 g/mol. The number of aromatic nitrogens is 2. The van der Waals surface area contributed by atoms with Crippen molar-refractivity contribution in [3.05, 3.63) is 47.4 Å². The van der Waals surface area contributed by atoms with Gasteiger partial charge in [-0.2, -0.15) is 0 Å². The highest BCUT2D eigenvalue weighted by Gasteiger charge is 2.21. The second-order valence-corrected chi connectivity index (χ2v) is 5.77. The molecule has 0 spiro atoms. The van der Waals surface area contributed by atoms with E-state index in [2.05, 4.69) is 15.1 Å². The third kappa shape index (κ3) is 3.88. The van der Waals surface area contributed by atoms with Crippen LogP contribution in [0.5, 0.6) is 0 Å². The van der Waals surface area contributed by atoms with Crippen LogP contribution in [0.15, 0.2) is 28.7 Å². The van der Waals surface area contributed by atoms with Crippen LogP contribution in [0.4, 0.5) is 4.39 Å². The molecule has 4 nitrogen and oxygen atoms in total. The number of halogens is 1. The van der Waals surface area contributed by atoms with Gasteiger partial charge in [-0.25, -0.2) is 4.39 Å². The van der Waals surface area contributed by atoms with Gasteiger partial charge in [-0.1, -0.05) is 12.1 Å². The molecule has 1 aliphatic heterocycles. The van der Waals surface area contributed by atoms with Crippen molar-refractivity contribution in [1.29, 1.82) is 0 Å². The highest BCUT2D eigenvalue weighted by atomic mass is 19.1. The minimum atomic E-state index is -0.142. The number of hydrogen-bond donors (Lipinski definition) is 0. The summed E-state index contributed by atoms with van der Waals surface area (Å²) < 4.78 is 18.6. The molecule has 0 aliphatic carbocycles. The van der Waals surface area contributed by atoms with Crippen molar-refractivity contribution in [2.45, 2.75) is 32.7 Å². The number of hydrogen-bond acceptors (Lipinski definition) is 4. The molecule has 5 heteroatoms. The van der Waals surface area contributed by atoms with Gasteiger partial charge < -0.3 is 4.42 Å². The molecular weight excluding hydrogens is 269 g/mol. The van der Waals surface area contributed by atoms with Gasteiger partial charge in [0.2, 0.25) is 11.8 Å². The fourth-order valence-corrected chi connectivity index (χ4v) is 2.94. The Labute approximate surface area is 124 Å². The minimum absolute atomic E-state index is 0.142. The predicted octanol–water partition coefficient (Wildman–Crippen LogP) is 2.97. The number of nitrogens with zero attached hydrogens (tertiary/aromatic N) is 3. The molecule has 2 heterocycles. The maximum absolute atomic E-state index is 13.2. The summed E-state index contributed by atoms with van der Waals surface area (Å²) in [5.41, 5.74) is 1.10. The van der Waals surface area contributed by atoms with Crippen molar-refractivity contribution in [2.24, 2.45) is 5.92 Å². The summed E-state index contributed by atoms with van der Waals surface area (Å²) >= 11 is 0. The molecule has 0 N–H and O–H groups in total. The highest BCUT2D eigenvalue weighted by Crippen LogP contribution is 2.23. The zero-order valence-corrected chi connectivity index (χ0v) is 12.3. The quantitative estimate of drug-likeness (QED) is 0.868. The van der Waals surface area contributed by atoms with Crippen LogP contribution < -0.4 is 0 Å². The number of rotatable bonds is 4. The normalized spacial score (nSPS) is 17.2. The van der Waals surface area contributed by atoms with Gasteiger partial charge in [0.25, 0.3) is 0 Å². The summed E-state index contributed by atoms with van der Waals surface area (Å²) in [5.74, 6) is 1.80. The number of likely N-dealkylation sites (tertiary alicyclic amines) is 1. The molecule has 0 bridgehead atoms. The molecule has 0 unspecified atom stereocenters. The summed E-state index contributed by atoms with van der Waals surface area (Å²) in [7, 11) is 0. The van der Waals surface area contributed by atoms with Gasteiger partial charge in [-0.3, -0.25) is 4.90 Å². The summed E-state index contributed by atoms with van der Waals surface area (Å²) in [6.45, 7) is 4.60. The number of piperidine rings is 1. The predicted molar refractivity (Wildman–Crippen MR) is 77.1 cm³/mol. The molecular formula is C16H20FN3O. The van der Waals surface area contributed by atoms with E-state index in [1.165, 1.54) is 6.07 Å². The molecule has 1 aliphatic rings. The van der Waals surface area contributed by atoms with Crippen LogP contribution in [0.2, 0.25) is 0 Å². The van der Waals surface area contributed by atoms with E-state index in [1.54, 1.807) is 12.1 Å². The Morgan fingerprint density at radius 2 is 2.10 bits per heavy atom. The fourth-order valence-electron chi connectivity index (χ4n) is 2.94. The standard InChI is InChI=1S/C16H20FN3O/c1-12-18-19-16(21-12)11-20-7-5-13(6-8-20)9-14-3-2-4-15(17)10-14/h2-4,10,13H,5-9,11H2,1H3. The number of aryl methyl sites for hydroxylation is 1. The van der Waals surface area contributed by atoms with Crippen LogP contribution in [0.1, 0.15) is 30.2 Å². The topological polar surface area (TPSA) is 42.2 Å². The number of benzene rings is 1. The van der Waals surface area contributed by atoms with E-state index in [0.29, 0.717) is 17.7 Å². The van der Waals surface area contributed by atoms with Gasteiger partial charge in [-0.05, 0) is 56.0 Å². The van der Waals surface area contributed by atoms with E-state index in [0.717, 1.165) is 44.5 Å². The Hall–Kier alpha value is -1.75. The van der Waals surface area contributed by atoms with Crippen LogP contribution in [-0.4, -0.2) is 28.2 Å². The van der Waals surface area contributed by atoms with E-state index in [9.17, 15) is 4.39 Å². The van der Waals surface area contributed by atoms with Gasteiger partial charge >= 0.3 is 0 Å². The van der Waals surface area contributed by atoms with Crippen LogP contribution in [0.3, 0.4) is 0 Å². The second kappa shape index (κ2) is 6.35. The van der Waals surface area contributed by atoms with E-state index in [-0.39, 0.29) is 5.82 Å². The molecule has 1 saturated heterocycles. The minimum Gasteiger partial charge on any atom is -0.424 e. The van der Waals surface area contributed by atoms with E-state index < -0.39 is 0 Å². The smallest absolute Gasteiger partial charge is 0.230 e. The fraction of sp³-hybridized carbons (Fsp3) is 0.500. The Bertz CT molecular complexity index is 591. The van der Waals surface area contributed by atoms with Crippen molar-refractivity contribution in [3.8, 4) is 0 Å². The Kier molecular flexibility index (Phi) is 4.29. The van der Waals surface area contributed by atoms with Crippen molar-refractivity contribution in [2.75, 3.05) is 13.1 Å². The third-order valence-electron chi connectivity index (χ3n) is 4.05. The van der Waals surface area contributed by atoms with Crippen LogP contribution in [0.25, 0.3) is 0 Å². The van der Waals surface area contributed by atoms with Crippen LogP contribution in [0, 0.1) is 18.7 Å². The first-order valence-electron chi connectivity index (χ1n) is 7.45. The van der Waals surface area contributed by atoms with Crippen LogP contribution >= 0.6 is 0 Å². The molecule has 1 fully saturated rings. The first kappa shape index (κ1) is 14.2. The maximum atomic E-state index is 13.2. The van der Waals surface area contributed by atoms with Crippen molar-refractivity contribution >= 4 is 0 Å². The van der Waals surface area contributed by atoms with E-state index in [1.807, 2.05) is 13.0 Å². The Morgan fingerprint density at radius 3 is 2.76 bits per heavy atom. The molecule has 0 atom stereocenters. The first-order chi connectivity index (χ1) is 10.2. The first-order valence-corrected chi connectivity index (χ1v) is 7.45. The lowest BCUT2D eigenvalue weighted by atomic mass is 9.90. The maximum Gasteiger partial charge on any atom is 0.230 e. The lowest BCUT2D eigenvalue weighted by molar-refractivity contribution is 0.163. The monoisotopic (exact) mass is 289 g/mol. The molecule has 1 aromatic heterocycles. The largest absolute Gasteiger partial charge is 0.424 e. The third-order valence-corrected chi connectivity index (χ3v) is 4.05. The van der Waals surface area contributed by atoms with Gasteiger partial charge in [-0.15, -0.1) is 10.2 Å². The average Bonchev–Trinajstić information content (AvgIpc) is 2.86. The lowest BCUT2D eigenvalue weighted by Crippen LogP contribution is -2.34. The zero-order valence-electron chi connectivity index (χ0n) is 12.3. The van der Waals surface area contributed by atoms with E-state index >= 15 is 0 Å². The molecule has 1 aromatic carbocycles. The van der Waals surface area contributed by atoms with Crippen molar-refractivity contribution in [3.63, 3.8) is 0 Å². The van der Waals surface area contributed by atoms with Crippen LogP contribution in [-0.2, 0) is 13.0 Å². The van der Waals surface area contributed by atoms with Crippen molar-refractivity contribution < 1.29 is 8.81 Å². The van der Waals surface area contributed by atoms with Crippen molar-refractivity contribution in [1.82, 2.24) is 15.1 Å². The molecule has 3 rings (SSSR count). The summed E-state index contributed by atoms with van der Waals surface area (Å²) in [5, 5.41) is 7.89. The van der Waals surface area contributed by atoms with Gasteiger partial charge in [0.05, 0.1) is 6.54 Å². The molecule has 21 heavy (non-hydrogen) atoms. The molecule has 0 radical (unpaired) electrons. The highest BCUT2D eigenvalue weighted by molar-refractivity contribution is 5.17. The summed E-state index contributed by atoms with van der Waals surface area (Å²) in [4.78, 5) is 2.34. The molecule has 2 aromatic rings. The molecule has 0 amide bonds. The molecule has 112 valence electrons. The molecule has 0 saturated carbocycles. The zero-order chi connectivity index (χ0) is 14.7.